The molecule has 0 unspecified atom stereocenters. The molecule has 184 valence electrons. The number of hydrogen-bond acceptors (Lipinski definition) is 5. The molecule has 0 radical (unpaired) electrons. The van der Waals surface area contributed by atoms with Crippen LogP contribution in [0.3, 0.4) is 0 Å². The van der Waals surface area contributed by atoms with E-state index < -0.39 is 21.8 Å². The minimum atomic E-state index is -3.65. The molecule has 9 nitrogen and oxygen atoms in total. The van der Waals surface area contributed by atoms with Crippen LogP contribution in [0.5, 0.6) is 0 Å². The molecule has 1 aliphatic heterocycles. The fourth-order valence-electron chi connectivity index (χ4n) is 4.54. The number of carbonyl (C=O) groups is 2. The van der Waals surface area contributed by atoms with E-state index in [0.29, 0.717) is 23.4 Å². The van der Waals surface area contributed by atoms with Crippen LogP contribution in [-0.2, 0) is 14.8 Å². The molecule has 0 atom stereocenters. The highest BCUT2D eigenvalue weighted by Gasteiger charge is 2.33. The SMILES string of the molecule is Cc1cc(C)c(S(=O)(=O)N2CCC(C(=O)NNC(=O)c3cc(-c4ccccc4)n[nH]3)CC2)c(C)c1. The van der Waals surface area contributed by atoms with Crippen molar-refractivity contribution in [3.8, 4) is 11.3 Å². The number of piperidine rings is 1. The normalized spacial score (nSPS) is 15.1. The van der Waals surface area contributed by atoms with Crippen LogP contribution >= 0.6 is 0 Å². The summed E-state index contributed by atoms with van der Waals surface area (Å²) in [6, 6.07) is 14.8. The van der Waals surface area contributed by atoms with Gasteiger partial charge in [0.2, 0.25) is 15.9 Å². The molecule has 1 aliphatic rings. The summed E-state index contributed by atoms with van der Waals surface area (Å²) >= 11 is 0. The monoisotopic (exact) mass is 495 g/mol. The number of aromatic amines is 1. The molecule has 1 fully saturated rings. The molecule has 3 N–H and O–H groups in total. The van der Waals surface area contributed by atoms with Gasteiger partial charge in [0.15, 0.2) is 0 Å². The highest BCUT2D eigenvalue weighted by molar-refractivity contribution is 7.89. The molecular weight excluding hydrogens is 466 g/mol. The largest absolute Gasteiger partial charge is 0.287 e. The Morgan fingerprint density at radius 1 is 0.971 bits per heavy atom. The zero-order valence-corrected chi connectivity index (χ0v) is 20.8. The van der Waals surface area contributed by atoms with Crippen molar-refractivity contribution >= 4 is 21.8 Å². The second-order valence-electron chi connectivity index (χ2n) is 8.88. The first-order chi connectivity index (χ1) is 16.7. The van der Waals surface area contributed by atoms with Crippen molar-refractivity contribution in [2.24, 2.45) is 5.92 Å². The number of hydrazine groups is 1. The van der Waals surface area contributed by atoms with Crippen LogP contribution < -0.4 is 10.9 Å². The number of nitrogens with zero attached hydrogens (tertiary/aromatic N) is 2. The summed E-state index contributed by atoms with van der Waals surface area (Å²) in [5.41, 5.74) is 9.02. The van der Waals surface area contributed by atoms with Gasteiger partial charge in [0.25, 0.3) is 5.91 Å². The van der Waals surface area contributed by atoms with Gasteiger partial charge in [-0.1, -0.05) is 48.0 Å². The Labute approximate surface area is 204 Å². The minimum Gasteiger partial charge on any atom is -0.273 e. The van der Waals surface area contributed by atoms with Crippen molar-refractivity contribution in [1.82, 2.24) is 25.4 Å². The highest BCUT2D eigenvalue weighted by atomic mass is 32.2. The fourth-order valence-corrected chi connectivity index (χ4v) is 6.43. The summed E-state index contributed by atoms with van der Waals surface area (Å²) in [5.74, 6) is -1.26. The predicted octanol–water partition coefficient (Wildman–Crippen LogP) is 2.86. The number of amides is 2. The lowest BCUT2D eigenvalue weighted by atomic mass is 9.98. The number of carbonyl (C=O) groups excluding carboxylic acids is 2. The molecule has 1 aromatic heterocycles. The molecule has 4 rings (SSSR count). The Hall–Kier alpha value is -3.50. The molecule has 0 saturated carbocycles. The Morgan fingerprint density at radius 3 is 2.23 bits per heavy atom. The third kappa shape index (κ3) is 5.28. The number of H-pyrrole nitrogens is 1. The average Bonchev–Trinajstić information content (AvgIpc) is 3.33. The zero-order chi connectivity index (χ0) is 25.2. The summed E-state index contributed by atoms with van der Waals surface area (Å²) in [6.07, 6.45) is 0.736. The van der Waals surface area contributed by atoms with Crippen molar-refractivity contribution in [2.75, 3.05) is 13.1 Å². The summed E-state index contributed by atoms with van der Waals surface area (Å²) < 4.78 is 27.9. The second kappa shape index (κ2) is 10.0. The number of aryl methyl sites for hydroxylation is 3. The van der Waals surface area contributed by atoms with Crippen LogP contribution in [0.2, 0.25) is 0 Å². The van der Waals surface area contributed by atoms with Crippen molar-refractivity contribution in [3.05, 3.63) is 70.9 Å². The first-order valence-corrected chi connectivity index (χ1v) is 12.9. The van der Waals surface area contributed by atoms with E-state index in [1.807, 2.05) is 49.4 Å². The van der Waals surface area contributed by atoms with Gasteiger partial charge < -0.3 is 0 Å². The van der Waals surface area contributed by atoms with Crippen molar-refractivity contribution in [1.29, 1.82) is 0 Å². The van der Waals surface area contributed by atoms with Crippen LogP contribution in [0.1, 0.15) is 40.0 Å². The highest BCUT2D eigenvalue weighted by Crippen LogP contribution is 2.28. The van der Waals surface area contributed by atoms with E-state index in [-0.39, 0.29) is 24.7 Å². The van der Waals surface area contributed by atoms with Crippen LogP contribution in [0.15, 0.2) is 53.4 Å². The molecule has 35 heavy (non-hydrogen) atoms. The van der Waals surface area contributed by atoms with E-state index in [1.54, 1.807) is 19.9 Å². The summed E-state index contributed by atoms with van der Waals surface area (Å²) in [5, 5.41) is 6.81. The van der Waals surface area contributed by atoms with Gasteiger partial charge in [-0.3, -0.25) is 25.5 Å². The maximum atomic E-state index is 13.3. The molecule has 10 heteroatoms. The van der Waals surface area contributed by atoms with Crippen molar-refractivity contribution < 1.29 is 18.0 Å². The number of nitrogens with one attached hydrogen (secondary N) is 3. The smallest absolute Gasteiger partial charge is 0.273 e. The number of sulfonamides is 1. The van der Waals surface area contributed by atoms with Gasteiger partial charge in [0, 0.05) is 24.6 Å². The van der Waals surface area contributed by atoms with Gasteiger partial charge in [-0.25, -0.2) is 8.42 Å². The minimum absolute atomic E-state index is 0.217. The molecule has 0 aliphatic carbocycles. The van der Waals surface area contributed by atoms with E-state index >= 15 is 0 Å². The maximum Gasteiger partial charge on any atom is 0.287 e. The van der Waals surface area contributed by atoms with Gasteiger partial charge in [0.1, 0.15) is 5.69 Å². The molecule has 0 spiro atoms. The lowest BCUT2D eigenvalue weighted by Crippen LogP contribution is -2.48. The number of aromatic nitrogens is 2. The van der Waals surface area contributed by atoms with E-state index in [9.17, 15) is 18.0 Å². The molecular formula is C25H29N5O4S. The average molecular weight is 496 g/mol. The third-order valence-corrected chi connectivity index (χ3v) is 8.42. The standard InChI is InChI=1S/C25H29N5O4S/c1-16-13-17(2)23(18(3)14-16)35(33,34)30-11-9-20(10-12-30)24(31)28-29-25(32)22-15-21(26-27-22)19-7-5-4-6-8-19/h4-8,13-15,20H,9-12H2,1-3H3,(H,26,27)(H,28,31)(H,29,32). The summed E-state index contributed by atoms with van der Waals surface area (Å²) in [7, 11) is -3.65. The Balaban J connectivity index is 1.32. The molecule has 3 aromatic rings. The summed E-state index contributed by atoms with van der Waals surface area (Å²) in [4.78, 5) is 25.4. The van der Waals surface area contributed by atoms with Crippen LogP contribution in [0.4, 0.5) is 0 Å². The quantitative estimate of drug-likeness (QED) is 0.470. The summed E-state index contributed by atoms with van der Waals surface area (Å²) in [6.45, 7) is 6.02. The number of hydrogen-bond donors (Lipinski definition) is 3. The lowest BCUT2D eigenvalue weighted by Gasteiger charge is -2.31. The topological polar surface area (TPSA) is 124 Å². The predicted molar refractivity (Wildman–Crippen MR) is 132 cm³/mol. The Bertz CT molecular complexity index is 1320. The first-order valence-electron chi connectivity index (χ1n) is 11.5. The van der Waals surface area contributed by atoms with Crippen molar-refractivity contribution in [3.63, 3.8) is 0 Å². The number of benzene rings is 2. The first kappa shape index (κ1) is 24.6. The van der Waals surface area contributed by atoms with E-state index in [2.05, 4.69) is 21.0 Å². The van der Waals surface area contributed by atoms with Gasteiger partial charge in [-0.15, -0.1) is 0 Å². The van der Waals surface area contributed by atoms with Gasteiger partial charge in [-0.05, 0) is 50.8 Å². The van der Waals surface area contributed by atoms with Gasteiger partial charge in [0.05, 0.1) is 10.6 Å². The Morgan fingerprint density at radius 2 is 1.60 bits per heavy atom. The van der Waals surface area contributed by atoms with Crippen molar-refractivity contribution in [2.45, 2.75) is 38.5 Å². The number of rotatable bonds is 5. The fraction of sp³-hybridized carbons (Fsp3) is 0.320. The molecule has 2 heterocycles. The second-order valence-corrected chi connectivity index (χ2v) is 10.8. The van der Waals surface area contributed by atoms with Gasteiger partial charge >= 0.3 is 0 Å². The molecule has 0 bridgehead atoms. The third-order valence-electron chi connectivity index (χ3n) is 6.22. The van der Waals surface area contributed by atoms with Crippen LogP contribution in [0.25, 0.3) is 11.3 Å². The molecule has 1 saturated heterocycles. The van der Waals surface area contributed by atoms with Crippen LogP contribution in [-0.4, -0.2) is 47.8 Å². The van der Waals surface area contributed by atoms with E-state index in [0.717, 1.165) is 22.3 Å². The molecule has 2 aromatic carbocycles. The van der Waals surface area contributed by atoms with E-state index in [1.165, 1.54) is 4.31 Å². The Kier molecular flexibility index (Phi) is 7.04. The lowest BCUT2D eigenvalue weighted by molar-refractivity contribution is -0.126. The van der Waals surface area contributed by atoms with Crippen LogP contribution in [0, 0.1) is 26.7 Å². The van der Waals surface area contributed by atoms with E-state index in [4.69, 9.17) is 0 Å². The van der Waals surface area contributed by atoms with Gasteiger partial charge in [-0.2, -0.15) is 9.40 Å². The maximum absolute atomic E-state index is 13.3. The molecule has 2 amide bonds. The zero-order valence-electron chi connectivity index (χ0n) is 20.0.